The molecule has 0 aliphatic carbocycles. The zero-order valence-electron chi connectivity index (χ0n) is 16.5. The number of benzene rings is 3. The molecule has 4 rings (SSSR count). The molecule has 6 heteroatoms. The van der Waals surface area contributed by atoms with Gasteiger partial charge in [-0.25, -0.2) is 8.42 Å². The lowest BCUT2D eigenvalue weighted by molar-refractivity contribution is 0.136. The maximum Gasteiger partial charge on any atom is 0.242 e. The summed E-state index contributed by atoms with van der Waals surface area (Å²) >= 11 is 0. The van der Waals surface area contributed by atoms with Gasteiger partial charge in [-0.2, -0.15) is 4.31 Å². The summed E-state index contributed by atoms with van der Waals surface area (Å²) < 4.78 is 28.9. The molecular weight excluding hydrogens is 384 g/mol. The number of fused-ring (bicyclic) bond motifs is 3. The minimum Gasteiger partial charge on any atom is -0.390 e. The lowest BCUT2D eigenvalue weighted by atomic mass is 10.2. The fraction of sp³-hybridized carbons (Fsp3) is 0.217. The molecule has 0 radical (unpaired) electrons. The number of likely N-dealkylation sites (N-methyl/N-ethyl adjacent to an activating group) is 1. The normalized spacial score (nSPS) is 13.4. The fourth-order valence-electron chi connectivity index (χ4n) is 3.75. The van der Waals surface area contributed by atoms with Gasteiger partial charge in [-0.3, -0.25) is 0 Å². The highest BCUT2D eigenvalue weighted by Crippen LogP contribution is 2.29. The first-order chi connectivity index (χ1) is 13.9. The third-order valence-corrected chi connectivity index (χ3v) is 7.11. The minimum atomic E-state index is -3.65. The van der Waals surface area contributed by atoms with Gasteiger partial charge in [0.25, 0.3) is 0 Å². The van der Waals surface area contributed by atoms with Gasteiger partial charge in [0.15, 0.2) is 0 Å². The molecule has 1 aromatic heterocycles. The summed E-state index contributed by atoms with van der Waals surface area (Å²) in [6.07, 6.45) is -0.848. The number of nitrogens with zero attached hydrogens (tertiary/aromatic N) is 2. The number of hydrogen-bond donors (Lipinski definition) is 1. The Hall–Kier alpha value is -2.67. The Kier molecular flexibility index (Phi) is 5.17. The van der Waals surface area contributed by atoms with Crippen LogP contribution in [-0.4, -0.2) is 42.1 Å². The van der Waals surface area contributed by atoms with Crippen molar-refractivity contribution in [2.45, 2.75) is 24.5 Å². The van der Waals surface area contributed by atoms with E-state index >= 15 is 0 Å². The average Bonchev–Trinajstić information content (AvgIpc) is 3.02. The monoisotopic (exact) mass is 408 g/mol. The van der Waals surface area contributed by atoms with Gasteiger partial charge in [-0.15, -0.1) is 0 Å². The summed E-state index contributed by atoms with van der Waals surface area (Å²) in [6.45, 7) is 2.23. The van der Waals surface area contributed by atoms with Gasteiger partial charge >= 0.3 is 0 Å². The molecule has 0 spiro atoms. The number of aromatic nitrogens is 1. The maximum atomic E-state index is 12.8. The predicted molar refractivity (Wildman–Crippen MR) is 116 cm³/mol. The van der Waals surface area contributed by atoms with Crippen molar-refractivity contribution in [1.82, 2.24) is 8.87 Å². The van der Waals surface area contributed by atoms with E-state index in [1.54, 1.807) is 24.3 Å². The molecule has 0 unspecified atom stereocenters. The van der Waals surface area contributed by atoms with Crippen molar-refractivity contribution in [3.8, 4) is 0 Å². The van der Waals surface area contributed by atoms with Gasteiger partial charge in [0.2, 0.25) is 10.0 Å². The second kappa shape index (κ2) is 7.63. The minimum absolute atomic E-state index is 0.0110. The number of hydrogen-bond acceptors (Lipinski definition) is 3. The van der Waals surface area contributed by atoms with Gasteiger partial charge in [-0.05, 0) is 31.2 Å². The van der Waals surface area contributed by atoms with Crippen LogP contribution < -0.4 is 0 Å². The zero-order chi connectivity index (χ0) is 20.6. The Morgan fingerprint density at radius 1 is 0.897 bits per heavy atom. The largest absolute Gasteiger partial charge is 0.390 e. The van der Waals surface area contributed by atoms with Gasteiger partial charge in [0.1, 0.15) is 0 Å². The zero-order valence-corrected chi connectivity index (χ0v) is 17.3. The van der Waals surface area contributed by atoms with Gasteiger partial charge in [0, 0.05) is 35.4 Å². The molecule has 150 valence electrons. The molecule has 0 bridgehead atoms. The first kappa shape index (κ1) is 19.6. The molecule has 1 N–H and O–H groups in total. The van der Waals surface area contributed by atoms with Crippen molar-refractivity contribution < 1.29 is 13.5 Å². The Labute approximate surface area is 170 Å². The summed E-state index contributed by atoms with van der Waals surface area (Å²) in [6, 6.07) is 22.9. The van der Waals surface area contributed by atoms with Crippen LogP contribution in [0.3, 0.4) is 0 Å². The Morgan fingerprint density at radius 2 is 1.41 bits per heavy atom. The summed E-state index contributed by atoms with van der Waals surface area (Å²) in [5.74, 6) is 0. The lowest BCUT2D eigenvalue weighted by Gasteiger charge is -2.21. The topological polar surface area (TPSA) is 62.5 Å². The van der Waals surface area contributed by atoms with Crippen LogP contribution in [0.25, 0.3) is 21.8 Å². The van der Waals surface area contributed by atoms with Crippen LogP contribution >= 0.6 is 0 Å². The second-order valence-electron chi connectivity index (χ2n) is 7.40. The molecule has 0 fully saturated rings. The smallest absolute Gasteiger partial charge is 0.242 e. The molecule has 29 heavy (non-hydrogen) atoms. The highest BCUT2D eigenvalue weighted by Gasteiger charge is 2.24. The van der Waals surface area contributed by atoms with Crippen LogP contribution in [0.2, 0.25) is 0 Å². The van der Waals surface area contributed by atoms with Crippen LogP contribution in [0.1, 0.15) is 5.56 Å². The van der Waals surface area contributed by atoms with Crippen molar-refractivity contribution >= 4 is 31.8 Å². The Bertz CT molecular complexity index is 1210. The van der Waals surface area contributed by atoms with Crippen LogP contribution in [0.4, 0.5) is 0 Å². The Morgan fingerprint density at radius 3 is 1.97 bits per heavy atom. The van der Waals surface area contributed by atoms with Crippen LogP contribution in [-0.2, 0) is 16.6 Å². The van der Waals surface area contributed by atoms with E-state index in [1.165, 1.54) is 11.4 Å². The van der Waals surface area contributed by atoms with E-state index in [1.807, 2.05) is 43.3 Å². The molecule has 0 saturated carbocycles. The van der Waals surface area contributed by atoms with Crippen molar-refractivity contribution in [3.63, 3.8) is 0 Å². The number of sulfonamides is 1. The molecule has 4 aromatic rings. The molecule has 0 saturated heterocycles. The first-order valence-corrected chi connectivity index (χ1v) is 11.0. The highest BCUT2D eigenvalue weighted by atomic mass is 32.2. The van der Waals surface area contributed by atoms with Gasteiger partial charge in [0.05, 0.1) is 17.5 Å². The predicted octanol–water partition coefficient (Wildman–Crippen LogP) is 3.78. The number of aryl methyl sites for hydroxylation is 1. The molecule has 3 aromatic carbocycles. The van der Waals surface area contributed by atoms with E-state index in [4.69, 9.17) is 0 Å². The van der Waals surface area contributed by atoms with Crippen LogP contribution in [0, 0.1) is 6.92 Å². The molecule has 1 atom stereocenters. The third-order valence-electron chi connectivity index (χ3n) is 5.27. The van der Waals surface area contributed by atoms with Crippen molar-refractivity contribution in [2.24, 2.45) is 0 Å². The molecular formula is C23H24N2O3S. The van der Waals surface area contributed by atoms with E-state index < -0.39 is 16.1 Å². The standard InChI is InChI=1S/C23H24N2O3S/c1-17-11-13-19(14-12-17)29(27,28)24(2)15-18(26)16-25-22-9-5-3-7-20(22)21-8-4-6-10-23(21)25/h3-14,18,26H,15-16H2,1-2H3/t18-/m0/s1. The van der Waals surface area contributed by atoms with E-state index in [-0.39, 0.29) is 11.4 Å². The highest BCUT2D eigenvalue weighted by molar-refractivity contribution is 7.89. The van der Waals surface area contributed by atoms with Gasteiger partial charge < -0.3 is 9.67 Å². The van der Waals surface area contributed by atoms with Crippen molar-refractivity contribution in [3.05, 3.63) is 78.4 Å². The van der Waals surface area contributed by atoms with E-state index in [0.717, 1.165) is 27.4 Å². The van der Waals surface area contributed by atoms with E-state index in [2.05, 4.69) is 16.7 Å². The molecule has 1 heterocycles. The van der Waals surface area contributed by atoms with E-state index in [9.17, 15) is 13.5 Å². The van der Waals surface area contributed by atoms with Crippen LogP contribution in [0.15, 0.2) is 77.7 Å². The third kappa shape index (κ3) is 3.67. The maximum absolute atomic E-state index is 12.8. The molecule has 5 nitrogen and oxygen atoms in total. The quantitative estimate of drug-likeness (QED) is 0.528. The Balaban J connectivity index is 1.60. The lowest BCUT2D eigenvalue weighted by Crippen LogP contribution is -2.36. The SMILES string of the molecule is Cc1ccc(S(=O)(=O)N(C)C[C@H](O)Cn2c3ccccc3c3ccccc32)cc1. The molecule has 0 aliphatic rings. The number of aliphatic hydroxyl groups excluding tert-OH is 1. The van der Waals surface area contributed by atoms with Crippen LogP contribution in [0.5, 0.6) is 0 Å². The van der Waals surface area contributed by atoms with Gasteiger partial charge in [-0.1, -0.05) is 54.1 Å². The second-order valence-corrected chi connectivity index (χ2v) is 9.44. The summed E-state index contributed by atoms with van der Waals surface area (Å²) in [5, 5.41) is 13.0. The van der Waals surface area contributed by atoms with E-state index in [0.29, 0.717) is 6.54 Å². The summed E-state index contributed by atoms with van der Waals surface area (Å²) in [5.41, 5.74) is 3.05. The van der Waals surface area contributed by atoms with Crippen molar-refractivity contribution in [2.75, 3.05) is 13.6 Å². The molecule has 0 amide bonds. The summed E-state index contributed by atoms with van der Waals surface area (Å²) in [4.78, 5) is 0.231. The number of para-hydroxylation sites is 2. The molecule has 0 aliphatic heterocycles. The average molecular weight is 409 g/mol. The fourth-order valence-corrected chi connectivity index (χ4v) is 4.96. The number of aliphatic hydroxyl groups is 1. The number of rotatable bonds is 6. The van der Waals surface area contributed by atoms with Crippen molar-refractivity contribution in [1.29, 1.82) is 0 Å². The first-order valence-electron chi connectivity index (χ1n) is 9.55. The summed E-state index contributed by atoms with van der Waals surface area (Å²) in [7, 11) is -2.15.